The lowest BCUT2D eigenvalue weighted by atomic mass is 9.97. The van der Waals surface area contributed by atoms with Crippen molar-refractivity contribution in [3.63, 3.8) is 0 Å². The van der Waals surface area contributed by atoms with Gasteiger partial charge in [0.15, 0.2) is 0 Å². The molecule has 170 valence electrons. The predicted octanol–water partition coefficient (Wildman–Crippen LogP) is 2.23. The Bertz CT molecular complexity index is 972. The summed E-state index contributed by atoms with van der Waals surface area (Å²) >= 11 is 0. The number of unbranched alkanes of at least 4 members (excludes halogenated alkanes) is 1. The van der Waals surface area contributed by atoms with E-state index in [-0.39, 0.29) is 18.4 Å². The van der Waals surface area contributed by atoms with Gasteiger partial charge < -0.3 is 10.0 Å². The van der Waals surface area contributed by atoms with E-state index in [0.717, 1.165) is 40.9 Å². The first kappa shape index (κ1) is 23.4. The van der Waals surface area contributed by atoms with Crippen molar-refractivity contribution in [2.45, 2.75) is 52.6 Å². The zero-order valence-electron chi connectivity index (χ0n) is 18.8. The van der Waals surface area contributed by atoms with Crippen LogP contribution in [0.2, 0.25) is 0 Å². The van der Waals surface area contributed by atoms with Gasteiger partial charge in [-0.1, -0.05) is 81.3 Å². The SMILES string of the molecule is CCCCC(=O)N(Cc1ccc(-c2ccccc2C2=N[NH2+]NN2)cc1)C(C(=O)O)C(C)C. The molecule has 3 rings (SSSR count). The molecule has 1 aliphatic rings. The van der Waals surface area contributed by atoms with Crippen molar-refractivity contribution in [2.24, 2.45) is 11.0 Å². The molecule has 1 amide bonds. The van der Waals surface area contributed by atoms with Gasteiger partial charge in [0, 0.05) is 18.5 Å². The second kappa shape index (κ2) is 10.9. The maximum Gasteiger partial charge on any atom is 0.326 e. The summed E-state index contributed by atoms with van der Waals surface area (Å²) in [5.41, 5.74) is 11.4. The molecule has 8 nitrogen and oxygen atoms in total. The lowest BCUT2D eigenvalue weighted by Crippen LogP contribution is -2.87. The number of carbonyl (C=O) groups excluding carboxylic acids is 1. The molecule has 0 bridgehead atoms. The summed E-state index contributed by atoms with van der Waals surface area (Å²) in [4.78, 5) is 26.3. The Morgan fingerprint density at radius 1 is 1.09 bits per heavy atom. The van der Waals surface area contributed by atoms with Crippen LogP contribution in [-0.2, 0) is 16.1 Å². The van der Waals surface area contributed by atoms with Crippen molar-refractivity contribution in [1.29, 1.82) is 0 Å². The maximum absolute atomic E-state index is 12.9. The number of amides is 1. The molecule has 8 heteroatoms. The Kier molecular flexibility index (Phi) is 7.97. The van der Waals surface area contributed by atoms with E-state index in [1.54, 1.807) is 5.53 Å². The molecule has 0 spiro atoms. The van der Waals surface area contributed by atoms with Crippen LogP contribution in [0.5, 0.6) is 0 Å². The number of aliphatic carboxylic acids is 1. The number of hydrogen-bond acceptors (Lipinski definition) is 5. The van der Waals surface area contributed by atoms with Crippen LogP contribution >= 0.6 is 0 Å². The van der Waals surface area contributed by atoms with Gasteiger partial charge in [-0.2, -0.15) is 0 Å². The zero-order chi connectivity index (χ0) is 23.1. The van der Waals surface area contributed by atoms with E-state index in [0.29, 0.717) is 6.42 Å². The highest BCUT2D eigenvalue weighted by molar-refractivity contribution is 6.04. The number of carboxylic acids is 1. The number of nitrogens with one attached hydrogen (secondary N) is 2. The molecule has 0 fully saturated rings. The van der Waals surface area contributed by atoms with Crippen molar-refractivity contribution >= 4 is 17.7 Å². The van der Waals surface area contributed by atoms with E-state index < -0.39 is 12.0 Å². The van der Waals surface area contributed by atoms with Gasteiger partial charge in [-0.05, 0) is 34.1 Å². The van der Waals surface area contributed by atoms with Crippen molar-refractivity contribution < 1.29 is 20.2 Å². The highest BCUT2D eigenvalue weighted by atomic mass is 16.4. The first-order valence-electron chi connectivity index (χ1n) is 11.0. The van der Waals surface area contributed by atoms with Crippen LogP contribution in [0.4, 0.5) is 0 Å². The number of quaternary nitrogens is 1. The first-order valence-corrected chi connectivity index (χ1v) is 11.0. The van der Waals surface area contributed by atoms with Gasteiger partial charge in [0.25, 0.3) is 0 Å². The number of carbonyl (C=O) groups is 2. The average Bonchev–Trinajstić information content (AvgIpc) is 3.32. The van der Waals surface area contributed by atoms with Gasteiger partial charge in [-0.15, -0.1) is 5.53 Å². The minimum atomic E-state index is -0.967. The van der Waals surface area contributed by atoms with Gasteiger partial charge >= 0.3 is 5.97 Å². The third-order valence-electron chi connectivity index (χ3n) is 5.53. The van der Waals surface area contributed by atoms with E-state index in [1.165, 1.54) is 4.90 Å². The molecule has 1 heterocycles. The summed E-state index contributed by atoms with van der Waals surface area (Å²) in [5.74, 6) is -0.518. The average molecular weight is 439 g/mol. The van der Waals surface area contributed by atoms with Gasteiger partial charge in [0.1, 0.15) is 6.04 Å². The normalized spacial score (nSPS) is 14.1. The fourth-order valence-corrected chi connectivity index (χ4v) is 3.89. The Labute approximate surface area is 188 Å². The molecule has 5 N–H and O–H groups in total. The molecule has 32 heavy (non-hydrogen) atoms. The van der Waals surface area contributed by atoms with Gasteiger partial charge in [-0.3, -0.25) is 10.2 Å². The van der Waals surface area contributed by atoms with Crippen molar-refractivity contribution in [3.05, 3.63) is 59.7 Å². The summed E-state index contributed by atoms with van der Waals surface area (Å²) in [7, 11) is 0. The number of rotatable bonds is 10. The topological polar surface area (TPSA) is 111 Å². The second-order valence-corrected chi connectivity index (χ2v) is 8.27. The maximum atomic E-state index is 12.9. The van der Waals surface area contributed by atoms with Gasteiger partial charge in [0.2, 0.25) is 11.7 Å². The van der Waals surface area contributed by atoms with Crippen LogP contribution in [0.1, 0.15) is 51.2 Å². The van der Waals surface area contributed by atoms with E-state index in [9.17, 15) is 14.7 Å². The second-order valence-electron chi connectivity index (χ2n) is 8.27. The summed E-state index contributed by atoms with van der Waals surface area (Å²) in [6, 6.07) is 15.0. The molecule has 0 saturated carbocycles. The molecule has 1 atom stereocenters. The van der Waals surface area contributed by atoms with Crippen LogP contribution < -0.4 is 16.5 Å². The standard InChI is InChI=1S/C24H31N5O3/c1-4-5-10-21(30)29(22(16(2)3)24(31)32)15-17-11-13-18(14-12-17)19-8-6-7-9-20(19)23-25-27-28-26-23/h6-9,11-14,16,22,27-28H,4-5,10,15H2,1-3H3,(H,25,26)(H,31,32)/p+1. The van der Waals surface area contributed by atoms with Crippen LogP contribution in [0.25, 0.3) is 11.1 Å². The highest BCUT2D eigenvalue weighted by Gasteiger charge is 2.32. The molecule has 1 aliphatic heterocycles. The van der Waals surface area contributed by atoms with Crippen molar-refractivity contribution in [1.82, 2.24) is 15.9 Å². The number of carboxylic acid groups (broad SMARTS) is 1. The number of benzene rings is 2. The third kappa shape index (κ3) is 5.52. The van der Waals surface area contributed by atoms with Crippen LogP contribution in [0, 0.1) is 5.92 Å². The van der Waals surface area contributed by atoms with E-state index in [2.05, 4.69) is 16.1 Å². The quantitative estimate of drug-likeness (QED) is 0.425. The zero-order valence-corrected chi connectivity index (χ0v) is 18.8. The molecule has 0 saturated heterocycles. The van der Waals surface area contributed by atoms with Crippen molar-refractivity contribution in [3.8, 4) is 11.1 Å². The molecule has 2 aromatic rings. The molecule has 0 aromatic heterocycles. The highest BCUT2D eigenvalue weighted by Crippen LogP contribution is 2.25. The van der Waals surface area contributed by atoms with Crippen molar-refractivity contribution in [2.75, 3.05) is 0 Å². The van der Waals surface area contributed by atoms with E-state index >= 15 is 0 Å². The minimum Gasteiger partial charge on any atom is -0.480 e. The summed E-state index contributed by atoms with van der Waals surface area (Å²) < 4.78 is 0. The van der Waals surface area contributed by atoms with E-state index in [1.807, 2.05) is 69.3 Å². The Morgan fingerprint density at radius 3 is 2.34 bits per heavy atom. The minimum absolute atomic E-state index is 0.114. The monoisotopic (exact) mass is 438 g/mol. The van der Waals surface area contributed by atoms with Gasteiger partial charge in [-0.25, -0.2) is 4.79 Å². The smallest absolute Gasteiger partial charge is 0.326 e. The summed E-state index contributed by atoms with van der Waals surface area (Å²) in [6.45, 7) is 5.97. The fraction of sp³-hybridized carbons (Fsp3) is 0.375. The predicted molar refractivity (Wildman–Crippen MR) is 123 cm³/mol. The third-order valence-corrected chi connectivity index (χ3v) is 5.53. The molecule has 0 aliphatic carbocycles. The summed E-state index contributed by atoms with van der Waals surface area (Å²) in [6.07, 6.45) is 2.00. The van der Waals surface area contributed by atoms with Gasteiger partial charge in [0.05, 0.1) is 0 Å². The largest absolute Gasteiger partial charge is 0.480 e. The molecule has 0 radical (unpaired) electrons. The number of hydrogen-bond donors (Lipinski definition) is 4. The Balaban J connectivity index is 1.85. The first-order chi connectivity index (χ1) is 15.4. The number of nitrogens with zero attached hydrogens (tertiary/aromatic N) is 2. The summed E-state index contributed by atoms with van der Waals surface area (Å²) in [5, 5.41) is 14.1. The number of amidine groups is 1. The molecule has 1 unspecified atom stereocenters. The number of hydrazine groups is 1. The lowest BCUT2D eigenvalue weighted by Gasteiger charge is -2.32. The van der Waals surface area contributed by atoms with Crippen LogP contribution in [0.15, 0.2) is 53.6 Å². The molecule has 2 aromatic carbocycles. The lowest BCUT2D eigenvalue weighted by molar-refractivity contribution is -0.713. The molecular formula is C24H32N5O3+. The van der Waals surface area contributed by atoms with Crippen LogP contribution in [0.3, 0.4) is 0 Å². The number of nitrogens with two attached hydrogens (primary N) is 1. The Hall–Kier alpha value is -3.23. The molecular weight excluding hydrogens is 406 g/mol. The van der Waals surface area contributed by atoms with Crippen LogP contribution in [-0.4, -0.2) is 33.8 Å². The Morgan fingerprint density at radius 2 is 1.78 bits per heavy atom. The van der Waals surface area contributed by atoms with E-state index in [4.69, 9.17) is 0 Å². The fourth-order valence-electron chi connectivity index (χ4n) is 3.89.